The lowest BCUT2D eigenvalue weighted by Crippen LogP contribution is -2.35. The van der Waals surface area contributed by atoms with Gasteiger partial charge in [-0.1, -0.05) is 6.92 Å². The summed E-state index contributed by atoms with van der Waals surface area (Å²) < 4.78 is 13.4. The van der Waals surface area contributed by atoms with Crippen molar-refractivity contribution in [2.45, 2.75) is 19.3 Å². The summed E-state index contributed by atoms with van der Waals surface area (Å²) in [6.45, 7) is 4.55. The maximum absolute atomic E-state index is 13.4. The largest absolute Gasteiger partial charge is 0.358 e. The highest BCUT2D eigenvalue weighted by atomic mass is 35.5. The van der Waals surface area contributed by atoms with Gasteiger partial charge in [-0.15, -0.1) is 24.8 Å². The first kappa shape index (κ1) is 22.4. The minimum absolute atomic E-state index is 0. The number of benzene rings is 1. The van der Waals surface area contributed by atoms with Crippen LogP contribution in [0.25, 0.3) is 22.4 Å². The molecule has 150 valence electrons. The Morgan fingerprint density at radius 1 is 1.04 bits per heavy atom. The number of likely N-dealkylation sites (tertiary alicyclic amines) is 1. The molecule has 2 atom stereocenters. The van der Waals surface area contributed by atoms with Crippen LogP contribution in [0.4, 0.5) is 4.39 Å². The van der Waals surface area contributed by atoms with Crippen LogP contribution in [0.2, 0.25) is 0 Å². The summed E-state index contributed by atoms with van der Waals surface area (Å²) in [6, 6.07) is 13.0. The third kappa shape index (κ3) is 4.57. The van der Waals surface area contributed by atoms with E-state index in [1.807, 2.05) is 36.7 Å². The molecule has 0 bridgehead atoms. The Morgan fingerprint density at radius 2 is 1.71 bits per heavy atom. The number of piperidine rings is 1. The van der Waals surface area contributed by atoms with Crippen LogP contribution in [0.3, 0.4) is 0 Å². The third-order valence-corrected chi connectivity index (χ3v) is 5.47. The number of H-pyrrole nitrogens is 1. The molecular weight excluding hydrogens is 396 g/mol. The molecule has 0 amide bonds. The number of hydrogen-bond acceptors (Lipinski definition) is 2. The van der Waals surface area contributed by atoms with E-state index in [4.69, 9.17) is 0 Å². The van der Waals surface area contributed by atoms with E-state index in [1.54, 1.807) is 0 Å². The van der Waals surface area contributed by atoms with Crippen molar-refractivity contribution in [3.8, 4) is 22.4 Å². The van der Waals surface area contributed by atoms with Crippen LogP contribution in [-0.2, 0) is 0 Å². The van der Waals surface area contributed by atoms with E-state index in [1.165, 1.54) is 17.8 Å². The van der Waals surface area contributed by atoms with Gasteiger partial charge in [-0.25, -0.2) is 4.39 Å². The summed E-state index contributed by atoms with van der Waals surface area (Å²) >= 11 is 0. The molecule has 3 nitrogen and oxygen atoms in total. The second-order valence-corrected chi connectivity index (χ2v) is 7.39. The molecule has 1 fully saturated rings. The van der Waals surface area contributed by atoms with Crippen molar-refractivity contribution < 1.29 is 4.39 Å². The van der Waals surface area contributed by atoms with Crippen LogP contribution in [0.5, 0.6) is 0 Å². The molecule has 1 aliphatic rings. The zero-order valence-corrected chi connectivity index (χ0v) is 17.7. The van der Waals surface area contributed by atoms with Crippen molar-refractivity contribution >= 4 is 24.8 Å². The molecule has 6 heteroatoms. The second-order valence-electron chi connectivity index (χ2n) is 7.39. The third-order valence-electron chi connectivity index (χ3n) is 5.47. The number of aromatic amines is 1. The average molecular weight is 422 g/mol. The molecule has 1 aromatic carbocycles. The number of pyridine rings is 1. The Kier molecular flexibility index (Phi) is 7.64. The first-order valence-corrected chi connectivity index (χ1v) is 9.19. The zero-order chi connectivity index (χ0) is 18.1. The summed E-state index contributed by atoms with van der Waals surface area (Å²) in [7, 11) is 2.19. The van der Waals surface area contributed by atoms with E-state index in [0.717, 1.165) is 41.9 Å². The fraction of sp³-hybridized carbons (Fsp3) is 0.318. The predicted octanol–water partition coefficient (Wildman–Crippen LogP) is 5.78. The maximum atomic E-state index is 13.4. The van der Waals surface area contributed by atoms with E-state index in [2.05, 4.69) is 34.9 Å². The van der Waals surface area contributed by atoms with E-state index in [9.17, 15) is 4.39 Å². The second kappa shape index (κ2) is 9.55. The number of aromatic nitrogens is 2. The maximum Gasteiger partial charge on any atom is 0.123 e. The Bertz CT molecular complexity index is 881. The lowest BCUT2D eigenvalue weighted by atomic mass is 9.84. The Labute approximate surface area is 178 Å². The fourth-order valence-corrected chi connectivity index (χ4v) is 4.09. The molecule has 1 aliphatic heterocycles. The van der Waals surface area contributed by atoms with E-state index in [-0.39, 0.29) is 30.6 Å². The molecule has 0 radical (unpaired) electrons. The Balaban J connectivity index is 0.00000140. The molecule has 3 aromatic rings. The molecule has 0 saturated carbocycles. The summed E-state index contributed by atoms with van der Waals surface area (Å²) in [5, 5.41) is 0. The SMILES string of the molecule is C[C@@H]1CN(C)CC[C@@H]1c1cc(-c2ccncc2)c(-c2ccc(F)cc2)[nH]1.Cl.Cl. The first-order valence-electron chi connectivity index (χ1n) is 9.19. The van der Waals surface area contributed by atoms with Crippen LogP contribution in [0.15, 0.2) is 54.9 Å². The molecule has 0 aliphatic carbocycles. The Morgan fingerprint density at radius 3 is 2.36 bits per heavy atom. The molecule has 1 saturated heterocycles. The topological polar surface area (TPSA) is 31.9 Å². The fourth-order valence-electron chi connectivity index (χ4n) is 4.09. The molecule has 3 heterocycles. The zero-order valence-electron chi connectivity index (χ0n) is 16.1. The minimum atomic E-state index is -0.213. The Hall–Kier alpha value is -1.88. The highest BCUT2D eigenvalue weighted by molar-refractivity contribution is 5.85. The van der Waals surface area contributed by atoms with Gasteiger partial charge in [-0.3, -0.25) is 4.98 Å². The summed E-state index contributed by atoms with van der Waals surface area (Å²) in [5.74, 6) is 0.898. The number of halogens is 3. The van der Waals surface area contributed by atoms with Gasteiger partial charge in [0.2, 0.25) is 0 Å². The van der Waals surface area contributed by atoms with E-state index >= 15 is 0 Å². The quantitative estimate of drug-likeness (QED) is 0.580. The lowest BCUT2D eigenvalue weighted by Gasteiger charge is -2.34. The molecule has 2 aromatic heterocycles. The van der Waals surface area contributed by atoms with Gasteiger partial charge in [0, 0.05) is 36.1 Å². The normalized spacial score (nSPS) is 19.5. The van der Waals surface area contributed by atoms with Crippen molar-refractivity contribution in [2.24, 2.45) is 5.92 Å². The molecule has 28 heavy (non-hydrogen) atoms. The summed E-state index contributed by atoms with van der Waals surface area (Å²) in [6.07, 6.45) is 4.78. The van der Waals surface area contributed by atoms with Gasteiger partial charge in [-0.05, 0) is 79.5 Å². The van der Waals surface area contributed by atoms with Crippen LogP contribution in [-0.4, -0.2) is 35.0 Å². The molecule has 1 N–H and O–H groups in total. The van der Waals surface area contributed by atoms with Gasteiger partial charge >= 0.3 is 0 Å². The van der Waals surface area contributed by atoms with Crippen molar-refractivity contribution in [2.75, 3.05) is 20.1 Å². The number of rotatable bonds is 3. The minimum Gasteiger partial charge on any atom is -0.358 e. The van der Waals surface area contributed by atoms with Crippen LogP contribution in [0, 0.1) is 11.7 Å². The lowest BCUT2D eigenvalue weighted by molar-refractivity contribution is 0.194. The monoisotopic (exact) mass is 421 g/mol. The van der Waals surface area contributed by atoms with Gasteiger partial charge in [0.15, 0.2) is 0 Å². The molecule has 4 rings (SSSR count). The highest BCUT2D eigenvalue weighted by Gasteiger charge is 2.28. The molecular formula is C22H26Cl2FN3. The van der Waals surface area contributed by atoms with Gasteiger partial charge in [0.1, 0.15) is 5.82 Å². The van der Waals surface area contributed by atoms with E-state index < -0.39 is 0 Å². The van der Waals surface area contributed by atoms with E-state index in [0.29, 0.717) is 11.8 Å². The first-order chi connectivity index (χ1) is 12.6. The van der Waals surface area contributed by atoms with Crippen molar-refractivity contribution in [3.05, 3.63) is 66.4 Å². The summed E-state index contributed by atoms with van der Waals surface area (Å²) in [5.41, 5.74) is 5.61. The number of nitrogens with one attached hydrogen (secondary N) is 1. The average Bonchev–Trinajstić information content (AvgIpc) is 3.08. The van der Waals surface area contributed by atoms with Crippen molar-refractivity contribution in [1.29, 1.82) is 0 Å². The number of nitrogens with zero attached hydrogens (tertiary/aromatic N) is 2. The summed E-state index contributed by atoms with van der Waals surface area (Å²) in [4.78, 5) is 10.2. The van der Waals surface area contributed by atoms with Crippen molar-refractivity contribution in [3.63, 3.8) is 0 Å². The van der Waals surface area contributed by atoms with Gasteiger partial charge in [0.05, 0.1) is 5.69 Å². The van der Waals surface area contributed by atoms with Crippen LogP contribution < -0.4 is 0 Å². The smallest absolute Gasteiger partial charge is 0.123 e. The highest BCUT2D eigenvalue weighted by Crippen LogP contribution is 2.38. The molecule has 0 unspecified atom stereocenters. The van der Waals surface area contributed by atoms with Crippen LogP contribution >= 0.6 is 24.8 Å². The van der Waals surface area contributed by atoms with Gasteiger partial charge in [0.25, 0.3) is 0 Å². The van der Waals surface area contributed by atoms with Gasteiger partial charge in [-0.2, -0.15) is 0 Å². The standard InChI is InChI=1S/C22H24FN3.2ClH/c1-15-14-26(2)12-9-19(15)21-13-20(16-7-10-24-11-8-16)22(25-21)17-3-5-18(23)6-4-17;;/h3-8,10-11,13,15,19,25H,9,12,14H2,1-2H3;2*1H/t15-,19+;;/m1../s1. The van der Waals surface area contributed by atoms with Crippen LogP contribution in [0.1, 0.15) is 25.0 Å². The predicted molar refractivity (Wildman–Crippen MR) is 118 cm³/mol. The molecule has 0 spiro atoms. The van der Waals surface area contributed by atoms with Crippen molar-refractivity contribution in [1.82, 2.24) is 14.9 Å². The number of hydrogen-bond donors (Lipinski definition) is 1. The van der Waals surface area contributed by atoms with Gasteiger partial charge < -0.3 is 9.88 Å².